The largest absolute Gasteiger partial charge is 0.478 e. The van der Waals surface area contributed by atoms with E-state index in [4.69, 9.17) is 10.1 Å². The Morgan fingerprint density at radius 3 is 2.71 bits per heavy atom. The summed E-state index contributed by atoms with van der Waals surface area (Å²) in [6.07, 6.45) is 3.52. The molecule has 1 heterocycles. The number of hydrogen-bond donors (Lipinski definition) is 1. The lowest BCUT2D eigenvalue weighted by Crippen LogP contribution is -2.15. The van der Waals surface area contributed by atoms with Crippen molar-refractivity contribution in [1.82, 2.24) is 9.55 Å². The van der Waals surface area contributed by atoms with Gasteiger partial charge in [-0.15, -0.1) is 0 Å². The topological polar surface area (TPSA) is 55.1 Å². The Balaban J connectivity index is 2.15. The zero-order valence-corrected chi connectivity index (χ0v) is 12.8. The summed E-state index contributed by atoms with van der Waals surface area (Å²) in [5, 5.41) is 9.14. The number of carboxylic acids is 1. The predicted molar refractivity (Wildman–Crippen MR) is 82.8 cm³/mol. The average molecular weight is 286 g/mol. The van der Waals surface area contributed by atoms with E-state index in [2.05, 4.69) is 25.3 Å². The van der Waals surface area contributed by atoms with Crippen LogP contribution >= 0.6 is 0 Å². The van der Waals surface area contributed by atoms with E-state index in [1.54, 1.807) is 12.1 Å². The molecule has 4 nitrogen and oxygen atoms in total. The molecule has 112 valence electrons. The minimum atomic E-state index is -0.894. The lowest BCUT2D eigenvalue weighted by molar-refractivity contribution is 0.0697. The smallest absolute Gasteiger partial charge is 0.335 e. The van der Waals surface area contributed by atoms with Gasteiger partial charge < -0.3 is 9.67 Å². The van der Waals surface area contributed by atoms with Gasteiger partial charge in [0.05, 0.1) is 16.6 Å². The first-order valence-corrected chi connectivity index (χ1v) is 7.78. The van der Waals surface area contributed by atoms with Gasteiger partial charge in [-0.2, -0.15) is 0 Å². The monoisotopic (exact) mass is 286 g/mol. The van der Waals surface area contributed by atoms with Crippen molar-refractivity contribution in [1.29, 1.82) is 0 Å². The van der Waals surface area contributed by atoms with Gasteiger partial charge in [-0.25, -0.2) is 9.78 Å². The number of fused-ring (bicyclic) bond motifs is 1. The molecule has 0 saturated heterocycles. The lowest BCUT2D eigenvalue weighted by Gasteiger charge is -2.23. The van der Waals surface area contributed by atoms with E-state index in [0.717, 1.165) is 23.3 Å². The van der Waals surface area contributed by atoms with Crippen molar-refractivity contribution < 1.29 is 9.90 Å². The van der Waals surface area contributed by atoms with Crippen LogP contribution < -0.4 is 0 Å². The number of nitrogens with zero attached hydrogens (tertiary/aromatic N) is 2. The molecular weight excluding hydrogens is 264 g/mol. The van der Waals surface area contributed by atoms with Crippen molar-refractivity contribution in [3.8, 4) is 0 Å². The first kappa shape index (κ1) is 14.1. The van der Waals surface area contributed by atoms with Crippen molar-refractivity contribution in [3.63, 3.8) is 0 Å². The average Bonchev–Trinajstić information content (AvgIpc) is 3.25. The van der Waals surface area contributed by atoms with E-state index in [-0.39, 0.29) is 0 Å². The van der Waals surface area contributed by atoms with E-state index < -0.39 is 5.97 Å². The van der Waals surface area contributed by atoms with Crippen LogP contribution in [-0.4, -0.2) is 20.6 Å². The summed E-state index contributed by atoms with van der Waals surface area (Å²) in [4.78, 5) is 15.9. The second-order valence-corrected chi connectivity index (χ2v) is 6.25. The summed E-state index contributed by atoms with van der Waals surface area (Å²) in [5.74, 6) is 1.37. The molecule has 0 bridgehead atoms. The van der Waals surface area contributed by atoms with Crippen molar-refractivity contribution in [2.45, 2.75) is 52.0 Å². The highest BCUT2D eigenvalue weighted by Crippen LogP contribution is 2.42. The van der Waals surface area contributed by atoms with Crippen molar-refractivity contribution in [3.05, 3.63) is 29.6 Å². The summed E-state index contributed by atoms with van der Waals surface area (Å²) in [6, 6.07) is 5.68. The summed E-state index contributed by atoms with van der Waals surface area (Å²) < 4.78 is 2.34. The Bertz CT molecular complexity index is 685. The first-order valence-electron chi connectivity index (χ1n) is 7.78. The summed E-state index contributed by atoms with van der Waals surface area (Å²) >= 11 is 0. The molecule has 1 saturated carbocycles. The number of aromatic nitrogens is 2. The maximum Gasteiger partial charge on any atom is 0.335 e. The molecule has 0 aliphatic heterocycles. The second kappa shape index (κ2) is 5.17. The van der Waals surface area contributed by atoms with Gasteiger partial charge >= 0.3 is 5.97 Å². The van der Waals surface area contributed by atoms with Crippen LogP contribution in [0.15, 0.2) is 18.2 Å². The zero-order chi connectivity index (χ0) is 15.1. The molecule has 0 spiro atoms. The van der Waals surface area contributed by atoms with E-state index in [9.17, 15) is 4.79 Å². The molecule has 1 aliphatic rings. The van der Waals surface area contributed by atoms with Crippen LogP contribution in [0, 0.1) is 5.92 Å². The molecule has 3 rings (SSSR count). The van der Waals surface area contributed by atoms with Crippen molar-refractivity contribution in [2.24, 2.45) is 5.92 Å². The lowest BCUT2D eigenvalue weighted by atomic mass is 10.00. The Kier molecular flexibility index (Phi) is 3.47. The van der Waals surface area contributed by atoms with Gasteiger partial charge in [0.25, 0.3) is 0 Å². The quantitative estimate of drug-likeness (QED) is 0.895. The molecule has 1 aliphatic carbocycles. The predicted octanol–water partition coefficient (Wildman–Crippen LogP) is 4.22. The van der Waals surface area contributed by atoms with Crippen molar-refractivity contribution in [2.75, 3.05) is 0 Å². The molecule has 1 aromatic heterocycles. The summed E-state index contributed by atoms with van der Waals surface area (Å²) in [6.45, 7) is 6.71. The van der Waals surface area contributed by atoms with Crippen LogP contribution in [0.2, 0.25) is 0 Å². The van der Waals surface area contributed by atoms with Gasteiger partial charge in [0.2, 0.25) is 0 Å². The normalized spacial score (nSPS) is 17.9. The van der Waals surface area contributed by atoms with Crippen molar-refractivity contribution >= 4 is 17.0 Å². The van der Waals surface area contributed by atoms with Crippen LogP contribution in [0.3, 0.4) is 0 Å². The molecule has 0 amide bonds. The molecule has 2 aromatic rings. The third-order valence-corrected chi connectivity index (χ3v) is 4.78. The minimum absolute atomic E-state index is 0.311. The number of aromatic carboxylic acids is 1. The van der Waals surface area contributed by atoms with Gasteiger partial charge in [-0.1, -0.05) is 20.3 Å². The fourth-order valence-corrected chi connectivity index (χ4v) is 2.90. The maximum absolute atomic E-state index is 11.1. The molecule has 21 heavy (non-hydrogen) atoms. The van der Waals surface area contributed by atoms with E-state index in [1.165, 1.54) is 12.8 Å². The maximum atomic E-state index is 11.1. The van der Waals surface area contributed by atoms with Crippen LogP contribution in [0.25, 0.3) is 11.0 Å². The van der Waals surface area contributed by atoms with Crippen LogP contribution in [0.4, 0.5) is 0 Å². The number of imidazole rings is 1. The standard InChI is InChI=1S/C17H22N2O2/c1-4-10(2)11(3)19-15-8-7-13(17(20)21)9-14(15)18-16(19)12-5-6-12/h7-12H,4-6H2,1-3H3,(H,20,21). The van der Waals surface area contributed by atoms with Gasteiger partial charge in [0.15, 0.2) is 0 Å². The number of rotatable bonds is 5. The number of carboxylic acid groups (broad SMARTS) is 1. The number of carbonyl (C=O) groups is 1. The molecule has 2 atom stereocenters. The fraction of sp³-hybridized carbons (Fsp3) is 0.529. The van der Waals surface area contributed by atoms with E-state index >= 15 is 0 Å². The molecule has 4 heteroatoms. The van der Waals surface area contributed by atoms with Crippen LogP contribution in [-0.2, 0) is 0 Å². The third-order valence-electron chi connectivity index (χ3n) is 4.78. The minimum Gasteiger partial charge on any atom is -0.478 e. The van der Waals surface area contributed by atoms with E-state index in [1.807, 2.05) is 6.07 Å². The van der Waals surface area contributed by atoms with Gasteiger partial charge in [-0.3, -0.25) is 0 Å². The third kappa shape index (κ3) is 2.43. The summed E-state index contributed by atoms with van der Waals surface area (Å²) in [5.41, 5.74) is 2.19. The first-order chi connectivity index (χ1) is 10.0. The number of benzene rings is 1. The molecule has 2 unspecified atom stereocenters. The molecule has 1 N–H and O–H groups in total. The second-order valence-electron chi connectivity index (χ2n) is 6.25. The fourth-order valence-electron chi connectivity index (χ4n) is 2.90. The molecule has 1 fully saturated rings. The zero-order valence-electron chi connectivity index (χ0n) is 12.8. The highest BCUT2D eigenvalue weighted by Gasteiger charge is 2.32. The molecular formula is C17H22N2O2. The summed E-state index contributed by atoms with van der Waals surface area (Å²) in [7, 11) is 0. The van der Waals surface area contributed by atoms with Gasteiger partial charge in [0.1, 0.15) is 5.82 Å². The van der Waals surface area contributed by atoms with Crippen LogP contribution in [0.1, 0.15) is 68.2 Å². The molecule has 0 radical (unpaired) electrons. The van der Waals surface area contributed by atoms with E-state index in [0.29, 0.717) is 23.4 Å². The number of hydrogen-bond acceptors (Lipinski definition) is 2. The Morgan fingerprint density at radius 1 is 1.43 bits per heavy atom. The SMILES string of the molecule is CCC(C)C(C)n1c(C2CC2)nc2cc(C(=O)O)ccc21. The van der Waals surface area contributed by atoms with Gasteiger partial charge in [-0.05, 0) is 43.9 Å². The van der Waals surface area contributed by atoms with Crippen LogP contribution in [0.5, 0.6) is 0 Å². The van der Waals surface area contributed by atoms with Gasteiger partial charge in [0, 0.05) is 12.0 Å². The highest BCUT2D eigenvalue weighted by atomic mass is 16.4. The molecule has 1 aromatic carbocycles. The Morgan fingerprint density at radius 2 is 2.14 bits per heavy atom. The Hall–Kier alpha value is -1.84. The highest BCUT2D eigenvalue weighted by molar-refractivity contribution is 5.92. The Labute approximate surface area is 124 Å².